The highest BCUT2D eigenvalue weighted by atomic mass is 16.5. The summed E-state index contributed by atoms with van der Waals surface area (Å²) in [7, 11) is 0. The van der Waals surface area contributed by atoms with Gasteiger partial charge in [-0.1, -0.05) is 32.6 Å². The highest BCUT2D eigenvalue weighted by Crippen LogP contribution is 2.22. The molecule has 2 rings (SSSR count). The van der Waals surface area contributed by atoms with Gasteiger partial charge >= 0.3 is 0 Å². The molecule has 1 aliphatic carbocycles. The number of hydrogen-bond donors (Lipinski definition) is 1. The van der Waals surface area contributed by atoms with E-state index in [2.05, 4.69) is 12.2 Å². The Morgan fingerprint density at radius 1 is 1.06 bits per heavy atom. The fourth-order valence-corrected chi connectivity index (χ4v) is 3.16. The summed E-state index contributed by atoms with van der Waals surface area (Å²) in [5.41, 5.74) is 0. The van der Waals surface area contributed by atoms with Gasteiger partial charge in [-0.15, -0.1) is 0 Å². The fourth-order valence-electron chi connectivity index (χ4n) is 3.16. The smallest absolute Gasteiger partial charge is 0.0589 e. The van der Waals surface area contributed by atoms with E-state index in [4.69, 9.17) is 4.74 Å². The van der Waals surface area contributed by atoms with Gasteiger partial charge in [0.15, 0.2) is 0 Å². The molecule has 94 valence electrons. The molecule has 0 spiro atoms. The highest BCUT2D eigenvalue weighted by molar-refractivity contribution is 4.81. The Hall–Kier alpha value is -0.0800. The van der Waals surface area contributed by atoms with E-state index >= 15 is 0 Å². The summed E-state index contributed by atoms with van der Waals surface area (Å²) in [5.74, 6) is 0. The minimum atomic E-state index is 0.528. The van der Waals surface area contributed by atoms with Gasteiger partial charge in [0.05, 0.1) is 6.10 Å². The van der Waals surface area contributed by atoms with Crippen molar-refractivity contribution >= 4 is 0 Å². The van der Waals surface area contributed by atoms with Crippen LogP contribution in [0.25, 0.3) is 0 Å². The summed E-state index contributed by atoms with van der Waals surface area (Å²) in [6.45, 7) is 3.22. The van der Waals surface area contributed by atoms with Crippen LogP contribution in [-0.2, 0) is 4.74 Å². The summed E-state index contributed by atoms with van der Waals surface area (Å²) < 4.78 is 5.80. The van der Waals surface area contributed by atoms with Gasteiger partial charge < -0.3 is 10.1 Å². The Bertz CT molecular complexity index is 187. The predicted octanol–water partition coefficient (Wildman–Crippen LogP) is 3.26. The van der Waals surface area contributed by atoms with Gasteiger partial charge in [0.1, 0.15) is 0 Å². The molecule has 0 amide bonds. The van der Waals surface area contributed by atoms with Crippen LogP contribution in [0.5, 0.6) is 0 Å². The van der Waals surface area contributed by atoms with Crippen LogP contribution in [0.15, 0.2) is 0 Å². The fraction of sp³-hybridized carbons (Fsp3) is 1.00. The van der Waals surface area contributed by atoms with Crippen LogP contribution in [-0.4, -0.2) is 24.8 Å². The Morgan fingerprint density at radius 2 is 1.88 bits per heavy atom. The molecular formula is C14H27NO. The lowest BCUT2D eigenvalue weighted by Crippen LogP contribution is -2.44. The van der Waals surface area contributed by atoms with Gasteiger partial charge in [-0.05, 0) is 32.1 Å². The average Bonchev–Trinajstić information content (AvgIpc) is 2.31. The van der Waals surface area contributed by atoms with Gasteiger partial charge in [0.25, 0.3) is 0 Å². The number of nitrogens with one attached hydrogen (secondary N) is 1. The van der Waals surface area contributed by atoms with Gasteiger partial charge in [-0.25, -0.2) is 0 Å². The zero-order valence-corrected chi connectivity index (χ0v) is 10.7. The second-order valence-electron chi connectivity index (χ2n) is 5.50. The first-order chi connectivity index (χ1) is 7.88. The summed E-state index contributed by atoms with van der Waals surface area (Å²) >= 11 is 0. The van der Waals surface area contributed by atoms with Crippen LogP contribution >= 0.6 is 0 Å². The molecule has 0 aromatic heterocycles. The first-order valence-corrected chi connectivity index (χ1v) is 7.26. The molecule has 2 atom stereocenters. The average molecular weight is 225 g/mol. The van der Waals surface area contributed by atoms with Gasteiger partial charge in [0.2, 0.25) is 0 Å². The Balaban J connectivity index is 1.71. The van der Waals surface area contributed by atoms with Crippen LogP contribution in [0, 0.1) is 0 Å². The molecule has 1 saturated heterocycles. The first-order valence-electron chi connectivity index (χ1n) is 7.26. The topological polar surface area (TPSA) is 21.3 Å². The SMILES string of the molecule is CCCC1CC(NC2CCCCC2)CCO1. The highest BCUT2D eigenvalue weighted by Gasteiger charge is 2.24. The van der Waals surface area contributed by atoms with Crippen molar-refractivity contribution in [2.45, 2.75) is 82.9 Å². The summed E-state index contributed by atoms with van der Waals surface area (Å²) in [6, 6.07) is 1.53. The molecule has 2 unspecified atom stereocenters. The van der Waals surface area contributed by atoms with Crippen LogP contribution in [0.4, 0.5) is 0 Å². The monoisotopic (exact) mass is 225 g/mol. The third kappa shape index (κ3) is 3.74. The van der Waals surface area contributed by atoms with E-state index < -0.39 is 0 Å². The quantitative estimate of drug-likeness (QED) is 0.793. The molecule has 1 saturated carbocycles. The van der Waals surface area contributed by atoms with Crippen molar-refractivity contribution in [1.82, 2.24) is 5.32 Å². The third-order valence-electron chi connectivity index (χ3n) is 4.05. The van der Waals surface area contributed by atoms with Crippen LogP contribution in [0.2, 0.25) is 0 Å². The van der Waals surface area contributed by atoms with Crippen molar-refractivity contribution < 1.29 is 4.74 Å². The standard InChI is InChI=1S/C14H27NO/c1-2-6-14-11-13(9-10-16-14)15-12-7-4-3-5-8-12/h12-15H,2-11H2,1H3. The molecule has 1 N–H and O–H groups in total. The molecule has 0 radical (unpaired) electrons. The third-order valence-corrected chi connectivity index (χ3v) is 4.05. The molecule has 0 aromatic rings. The van der Waals surface area contributed by atoms with E-state index in [9.17, 15) is 0 Å². The number of hydrogen-bond acceptors (Lipinski definition) is 2. The molecule has 2 heteroatoms. The lowest BCUT2D eigenvalue weighted by molar-refractivity contribution is -0.00574. The minimum Gasteiger partial charge on any atom is -0.378 e. The maximum atomic E-state index is 5.80. The van der Waals surface area contributed by atoms with E-state index in [0.29, 0.717) is 6.10 Å². The lowest BCUT2D eigenvalue weighted by Gasteiger charge is -2.34. The predicted molar refractivity (Wildman–Crippen MR) is 67.7 cm³/mol. The summed E-state index contributed by atoms with van der Waals surface area (Å²) in [6.07, 6.45) is 12.6. The summed E-state index contributed by atoms with van der Waals surface area (Å²) in [5, 5.41) is 3.87. The molecule has 0 aromatic carbocycles. The normalized spacial score (nSPS) is 32.8. The molecule has 2 aliphatic rings. The second-order valence-corrected chi connectivity index (χ2v) is 5.50. The molecule has 1 aliphatic heterocycles. The largest absolute Gasteiger partial charge is 0.378 e. The Labute approximate surface area is 100 Å². The molecular weight excluding hydrogens is 198 g/mol. The van der Waals surface area contributed by atoms with E-state index in [0.717, 1.165) is 18.7 Å². The molecule has 2 fully saturated rings. The van der Waals surface area contributed by atoms with E-state index in [1.807, 2.05) is 0 Å². The van der Waals surface area contributed by atoms with Crippen molar-refractivity contribution in [3.63, 3.8) is 0 Å². The van der Waals surface area contributed by atoms with Crippen molar-refractivity contribution in [2.75, 3.05) is 6.61 Å². The van der Waals surface area contributed by atoms with Crippen molar-refractivity contribution in [3.05, 3.63) is 0 Å². The van der Waals surface area contributed by atoms with Crippen LogP contribution < -0.4 is 5.32 Å². The molecule has 16 heavy (non-hydrogen) atoms. The van der Waals surface area contributed by atoms with Crippen LogP contribution in [0.1, 0.15) is 64.7 Å². The first kappa shape index (κ1) is 12.4. The van der Waals surface area contributed by atoms with Crippen molar-refractivity contribution in [2.24, 2.45) is 0 Å². The van der Waals surface area contributed by atoms with E-state index in [1.54, 1.807) is 0 Å². The number of rotatable bonds is 4. The Kier molecular flexibility index (Phi) is 5.11. The zero-order chi connectivity index (χ0) is 11.2. The van der Waals surface area contributed by atoms with Gasteiger partial charge in [-0.2, -0.15) is 0 Å². The minimum absolute atomic E-state index is 0.528. The molecule has 0 bridgehead atoms. The van der Waals surface area contributed by atoms with Crippen molar-refractivity contribution in [1.29, 1.82) is 0 Å². The van der Waals surface area contributed by atoms with Gasteiger partial charge in [0, 0.05) is 18.7 Å². The molecule has 2 nitrogen and oxygen atoms in total. The molecule has 1 heterocycles. The van der Waals surface area contributed by atoms with E-state index in [-0.39, 0.29) is 0 Å². The second kappa shape index (κ2) is 6.61. The maximum Gasteiger partial charge on any atom is 0.0589 e. The maximum absolute atomic E-state index is 5.80. The van der Waals surface area contributed by atoms with Crippen molar-refractivity contribution in [3.8, 4) is 0 Å². The Morgan fingerprint density at radius 3 is 2.62 bits per heavy atom. The lowest BCUT2D eigenvalue weighted by atomic mass is 9.93. The zero-order valence-electron chi connectivity index (χ0n) is 10.7. The number of ether oxygens (including phenoxy) is 1. The van der Waals surface area contributed by atoms with E-state index in [1.165, 1.54) is 57.8 Å². The van der Waals surface area contributed by atoms with Crippen LogP contribution in [0.3, 0.4) is 0 Å². The summed E-state index contributed by atoms with van der Waals surface area (Å²) in [4.78, 5) is 0. The van der Waals surface area contributed by atoms with Gasteiger partial charge in [-0.3, -0.25) is 0 Å².